The normalized spacial score (nSPS) is 11.2. The van der Waals surface area contributed by atoms with Crippen molar-refractivity contribution in [1.82, 2.24) is 9.97 Å². The zero-order valence-electron chi connectivity index (χ0n) is 14.9. The Kier molecular flexibility index (Phi) is 5.26. The van der Waals surface area contributed by atoms with Gasteiger partial charge in [0.15, 0.2) is 0 Å². The van der Waals surface area contributed by atoms with Crippen molar-refractivity contribution in [2.24, 2.45) is 0 Å². The van der Waals surface area contributed by atoms with Gasteiger partial charge in [-0.2, -0.15) is 13.2 Å². The van der Waals surface area contributed by atoms with E-state index >= 15 is 0 Å². The lowest BCUT2D eigenvalue weighted by Gasteiger charge is -2.10. The van der Waals surface area contributed by atoms with E-state index in [9.17, 15) is 28.1 Å². The molecule has 10 heteroatoms. The second-order valence-electron chi connectivity index (χ2n) is 6.06. The van der Waals surface area contributed by atoms with Gasteiger partial charge < -0.3 is 0 Å². The third-order valence-electron chi connectivity index (χ3n) is 4.02. The molecule has 0 bridgehead atoms. The maximum Gasteiger partial charge on any atom is 0.416 e. The molecule has 1 N–H and O–H groups in total. The molecule has 29 heavy (non-hydrogen) atoms. The molecule has 0 fully saturated rings. The van der Waals surface area contributed by atoms with E-state index in [-0.39, 0.29) is 17.2 Å². The van der Waals surface area contributed by atoms with Crippen LogP contribution in [-0.4, -0.2) is 20.8 Å². The monoisotopic (exact) mass is 402 g/mol. The van der Waals surface area contributed by atoms with E-state index in [1.54, 1.807) is 6.92 Å². The van der Waals surface area contributed by atoms with Crippen molar-refractivity contribution in [1.29, 1.82) is 0 Å². The fraction of sp³-hybridized carbons (Fsp3) is 0.105. The summed E-state index contributed by atoms with van der Waals surface area (Å²) in [5, 5.41) is 13.2. The van der Waals surface area contributed by atoms with E-state index < -0.39 is 22.6 Å². The quantitative estimate of drug-likeness (QED) is 0.507. The lowest BCUT2D eigenvalue weighted by Crippen LogP contribution is -2.15. The number of anilines is 1. The zero-order chi connectivity index (χ0) is 21.2. The summed E-state index contributed by atoms with van der Waals surface area (Å²) in [7, 11) is 0. The van der Waals surface area contributed by atoms with Gasteiger partial charge in [0.25, 0.3) is 11.6 Å². The van der Waals surface area contributed by atoms with E-state index in [1.165, 1.54) is 30.5 Å². The minimum absolute atomic E-state index is 0.0130. The second kappa shape index (κ2) is 7.66. The van der Waals surface area contributed by atoms with Crippen molar-refractivity contribution >= 4 is 17.5 Å². The van der Waals surface area contributed by atoms with Crippen molar-refractivity contribution in [3.05, 3.63) is 81.5 Å². The van der Waals surface area contributed by atoms with Crippen molar-refractivity contribution < 1.29 is 22.9 Å². The number of benzene rings is 2. The lowest BCUT2D eigenvalue weighted by molar-refractivity contribution is -0.384. The molecule has 3 rings (SSSR count). The first-order valence-corrected chi connectivity index (χ1v) is 8.22. The average molecular weight is 402 g/mol. The fourth-order valence-corrected chi connectivity index (χ4v) is 2.52. The minimum atomic E-state index is -4.49. The van der Waals surface area contributed by atoms with Crippen molar-refractivity contribution in [2.45, 2.75) is 13.1 Å². The summed E-state index contributed by atoms with van der Waals surface area (Å²) in [6.45, 7) is 1.73. The number of non-ortho nitro benzene ring substituents is 1. The van der Waals surface area contributed by atoms with Gasteiger partial charge in [-0.3, -0.25) is 20.2 Å². The molecule has 0 aliphatic carbocycles. The number of hydrogen-bond acceptors (Lipinski definition) is 5. The molecule has 1 aromatic heterocycles. The summed E-state index contributed by atoms with van der Waals surface area (Å²) in [6, 6.07) is 9.45. The number of rotatable bonds is 4. The van der Waals surface area contributed by atoms with Crippen LogP contribution in [0.2, 0.25) is 0 Å². The number of hydrogen-bond donors (Lipinski definition) is 1. The van der Waals surface area contributed by atoms with Crippen LogP contribution in [-0.2, 0) is 6.18 Å². The number of carbonyl (C=O) groups is 1. The highest BCUT2D eigenvalue weighted by molar-refractivity contribution is 6.03. The molecule has 0 spiro atoms. The van der Waals surface area contributed by atoms with Crippen LogP contribution in [0, 0.1) is 17.0 Å². The molecule has 0 saturated heterocycles. The Morgan fingerprint density at radius 3 is 2.24 bits per heavy atom. The molecular formula is C19H13F3N4O3. The average Bonchev–Trinajstić information content (AvgIpc) is 2.69. The molecule has 3 aromatic rings. The molecule has 1 amide bonds. The Balaban J connectivity index is 1.82. The zero-order valence-corrected chi connectivity index (χ0v) is 14.9. The van der Waals surface area contributed by atoms with Gasteiger partial charge in [0.1, 0.15) is 0 Å². The largest absolute Gasteiger partial charge is 0.416 e. The molecule has 1 heterocycles. The van der Waals surface area contributed by atoms with Gasteiger partial charge in [-0.1, -0.05) is 0 Å². The van der Waals surface area contributed by atoms with Crippen LogP contribution in [0.3, 0.4) is 0 Å². The molecule has 0 unspecified atom stereocenters. The summed E-state index contributed by atoms with van der Waals surface area (Å²) < 4.78 is 37.9. The summed E-state index contributed by atoms with van der Waals surface area (Å²) in [5.74, 6) is -0.717. The summed E-state index contributed by atoms with van der Waals surface area (Å²) >= 11 is 0. The number of aryl methyl sites for hydroxylation is 1. The summed E-state index contributed by atoms with van der Waals surface area (Å²) in [5.41, 5.74) is 0.793. The first-order chi connectivity index (χ1) is 13.6. The van der Waals surface area contributed by atoms with E-state index in [2.05, 4.69) is 15.3 Å². The number of nitro groups is 1. The van der Waals surface area contributed by atoms with Gasteiger partial charge in [-0.25, -0.2) is 9.97 Å². The van der Waals surface area contributed by atoms with E-state index in [1.807, 2.05) is 0 Å². The van der Waals surface area contributed by atoms with Gasteiger partial charge in [0.05, 0.1) is 16.2 Å². The number of amides is 1. The van der Waals surface area contributed by atoms with Crippen LogP contribution in [0.25, 0.3) is 11.3 Å². The fourth-order valence-electron chi connectivity index (χ4n) is 2.52. The lowest BCUT2D eigenvalue weighted by atomic mass is 10.1. The Hall–Kier alpha value is -3.82. The summed E-state index contributed by atoms with van der Waals surface area (Å²) in [6.07, 6.45) is -3.03. The SMILES string of the molecule is Cc1cnc(NC(=O)c2ccc(C(F)(F)F)cc2)nc1-c1ccc([N+](=O)[O-])cc1. The molecular weight excluding hydrogens is 389 g/mol. The maximum atomic E-state index is 12.6. The van der Waals surface area contributed by atoms with Gasteiger partial charge in [0.2, 0.25) is 5.95 Å². The van der Waals surface area contributed by atoms with Crippen LogP contribution in [0.1, 0.15) is 21.5 Å². The Morgan fingerprint density at radius 1 is 1.07 bits per heavy atom. The number of nitrogens with zero attached hydrogens (tertiary/aromatic N) is 3. The Bertz CT molecular complexity index is 1070. The molecule has 0 radical (unpaired) electrons. The molecule has 0 saturated carbocycles. The van der Waals surface area contributed by atoms with E-state index in [0.29, 0.717) is 16.8 Å². The first kappa shape index (κ1) is 19.9. The molecule has 7 nitrogen and oxygen atoms in total. The summed E-state index contributed by atoms with van der Waals surface area (Å²) in [4.78, 5) is 30.8. The number of carbonyl (C=O) groups excluding carboxylic acids is 1. The highest BCUT2D eigenvalue weighted by Gasteiger charge is 2.30. The van der Waals surface area contributed by atoms with E-state index in [0.717, 1.165) is 24.3 Å². The molecule has 148 valence electrons. The van der Waals surface area contributed by atoms with E-state index in [4.69, 9.17) is 0 Å². The predicted molar refractivity (Wildman–Crippen MR) is 98.3 cm³/mol. The number of alkyl halides is 3. The maximum absolute atomic E-state index is 12.6. The number of aromatic nitrogens is 2. The molecule has 0 aliphatic rings. The third-order valence-corrected chi connectivity index (χ3v) is 4.02. The van der Waals surface area contributed by atoms with Crippen molar-refractivity contribution in [3.8, 4) is 11.3 Å². The first-order valence-electron chi connectivity index (χ1n) is 8.22. The Labute approximate surface area is 162 Å². The Morgan fingerprint density at radius 2 is 1.69 bits per heavy atom. The molecule has 0 atom stereocenters. The smallest absolute Gasteiger partial charge is 0.290 e. The van der Waals surface area contributed by atoms with Gasteiger partial charge >= 0.3 is 6.18 Å². The van der Waals surface area contributed by atoms with Gasteiger partial charge in [-0.15, -0.1) is 0 Å². The highest BCUT2D eigenvalue weighted by atomic mass is 19.4. The number of nitro benzene ring substituents is 1. The second-order valence-corrected chi connectivity index (χ2v) is 6.06. The van der Waals surface area contributed by atoms with Crippen LogP contribution in [0.5, 0.6) is 0 Å². The van der Waals surface area contributed by atoms with Crippen LogP contribution >= 0.6 is 0 Å². The van der Waals surface area contributed by atoms with Gasteiger partial charge in [0, 0.05) is 29.5 Å². The van der Waals surface area contributed by atoms with Gasteiger partial charge in [-0.05, 0) is 48.9 Å². The molecule has 0 aliphatic heterocycles. The standard InChI is InChI=1S/C19H13F3N4O3/c1-11-10-23-18(24-16(11)12-4-8-15(9-5-12)26(28)29)25-17(27)13-2-6-14(7-3-13)19(20,21)22/h2-10H,1H3,(H,23,24,25,27). The third kappa shape index (κ3) is 4.54. The highest BCUT2D eigenvalue weighted by Crippen LogP contribution is 2.29. The van der Waals surface area contributed by atoms with Crippen molar-refractivity contribution in [3.63, 3.8) is 0 Å². The molecule has 2 aromatic carbocycles. The minimum Gasteiger partial charge on any atom is -0.290 e. The van der Waals surface area contributed by atoms with Crippen LogP contribution in [0.15, 0.2) is 54.7 Å². The predicted octanol–water partition coefficient (Wildman–Crippen LogP) is 4.63. The number of halogens is 3. The van der Waals surface area contributed by atoms with Crippen LogP contribution < -0.4 is 5.32 Å². The van der Waals surface area contributed by atoms with Crippen LogP contribution in [0.4, 0.5) is 24.8 Å². The number of nitrogens with one attached hydrogen (secondary N) is 1. The topological polar surface area (TPSA) is 98.0 Å². The van der Waals surface area contributed by atoms with Crippen molar-refractivity contribution in [2.75, 3.05) is 5.32 Å².